The topological polar surface area (TPSA) is 47.9 Å². The fraction of sp³-hybridized carbons (Fsp3) is 0.286. The Labute approximate surface area is 85.2 Å². The summed E-state index contributed by atoms with van der Waals surface area (Å²) in [6.07, 6.45) is 2.76. The van der Waals surface area contributed by atoms with Gasteiger partial charge in [-0.2, -0.15) is 9.97 Å². The number of ether oxygens (including phenoxy) is 1. The maximum atomic E-state index is 4.65. The lowest BCUT2D eigenvalue weighted by atomic mass is 11.0. The minimum Gasteiger partial charge on any atom is -0.467 e. The van der Waals surface area contributed by atoms with Crippen LogP contribution in [0.25, 0.3) is 0 Å². The van der Waals surface area contributed by atoms with Crippen LogP contribution in [0.3, 0.4) is 0 Å². The monoisotopic (exact) mass is 215 g/mol. The number of nitrogens with zero attached hydrogens (tertiary/aromatic N) is 3. The Kier molecular flexibility index (Phi) is 5.35. The van der Waals surface area contributed by atoms with E-state index in [1.54, 1.807) is 0 Å². The van der Waals surface area contributed by atoms with E-state index in [4.69, 9.17) is 0 Å². The molecule has 0 fully saturated rings. The molecular weight excluding hydrogens is 206 g/mol. The van der Waals surface area contributed by atoms with Crippen LogP contribution >= 0.6 is 23.5 Å². The molecule has 0 spiro atoms. The van der Waals surface area contributed by atoms with Crippen LogP contribution in [0.1, 0.15) is 0 Å². The van der Waals surface area contributed by atoms with Crippen molar-refractivity contribution in [1.82, 2.24) is 15.0 Å². The molecule has 0 saturated carbocycles. The summed E-state index contributed by atoms with van der Waals surface area (Å²) in [5.41, 5.74) is 0. The number of hydrogen-bond donors (Lipinski definition) is 0. The van der Waals surface area contributed by atoms with Crippen LogP contribution in [0.2, 0.25) is 0 Å². The van der Waals surface area contributed by atoms with Crippen LogP contribution in [-0.4, -0.2) is 27.1 Å². The van der Waals surface area contributed by atoms with E-state index in [-0.39, 0.29) is 0 Å². The van der Waals surface area contributed by atoms with E-state index in [0.29, 0.717) is 6.01 Å². The van der Waals surface area contributed by atoms with Gasteiger partial charge >= 0.3 is 6.01 Å². The summed E-state index contributed by atoms with van der Waals surface area (Å²) in [5.74, 6) is 0. The molecule has 70 valence electrons. The number of hydrogen-bond acceptors (Lipinski definition) is 6. The molecule has 0 aliphatic carbocycles. The molecule has 0 saturated heterocycles. The first-order valence-corrected chi connectivity index (χ1v) is 5.57. The van der Waals surface area contributed by atoms with Gasteiger partial charge in [0.15, 0.2) is 0 Å². The van der Waals surface area contributed by atoms with Gasteiger partial charge < -0.3 is 4.74 Å². The Bertz CT molecular complexity index is 249. The maximum absolute atomic E-state index is 4.65. The molecule has 1 aromatic rings. The largest absolute Gasteiger partial charge is 0.467 e. The van der Waals surface area contributed by atoms with Gasteiger partial charge in [-0.25, -0.2) is 4.98 Å². The van der Waals surface area contributed by atoms with Gasteiger partial charge in [0.25, 0.3) is 0 Å². The molecule has 0 bridgehead atoms. The number of aromatic nitrogens is 3. The Morgan fingerprint density at radius 1 is 1.23 bits per heavy atom. The fourth-order valence-electron chi connectivity index (χ4n) is 0.530. The molecule has 13 heavy (non-hydrogen) atoms. The molecule has 1 aromatic heterocycles. The van der Waals surface area contributed by atoms with Gasteiger partial charge in [-0.3, -0.25) is 0 Å². The predicted molar refractivity (Wildman–Crippen MR) is 55.6 cm³/mol. The molecule has 0 aromatic carbocycles. The molecule has 2 heterocycles. The van der Waals surface area contributed by atoms with Crippen LogP contribution in [0.4, 0.5) is 0 Å². The van der Waals surface area contributed by atoms with Gasteiger partial charge in [0.1, 0.15) is 12.7 Å². The van der Waals surface area contributed by atoms with Crippen molar-refractivity contribution in [3.8, 4) is 6.01 Å². The van der Waals surface area contributed by atoms with Crippen LogP contribution in [-0.2, 0) is 0 Å². The zero-order valence-electron chi connectivity index (χ0n) is 7.08. The van der Waals surface area contributed by atoms with Crippen molar-refractivity contribution >= 4 is 23.5 Å². The minimum atomic E-state index is 0.347. The standard InChI is InChI=1S/C4H5N3O.C3H4S2/c1-8-4-6-2-5-3-7-4;1-2-5-3-4-1/h2-3H,1H3;1-2H,3H2. The average Bonchev–Trinajstić information content (AvgIpc) is 2.77. The van der Waals surface area contributed by atoms with Gasteiger partial charge in [-0.15, -0.1) is 23.5 Å². The van der Waals surface area contributed by atoms with E-state index in [0.717, 1.165) is 0 Å². The highest BCUT2D eigenvalue weighted by Crippen LogP contribution is 2.22. The molecule has 1 aliphatic rings. The van der Waals surface area contributed by atoms with Gasteiger partial charge in [-0.1, -0.05) is 0 Å². The molecule has 0 N–H and O–H groups in total. The summed E-state index contributed by atoms with van der Waals surface area (Å²) in [6, 6.07) is 0.347. The summed E-state index contributed by atoms with van der Waals surface area (Å²) < 4.78 is 4.65. The van der Waals surface area contributed by atoms with Crippen molar-refractivity contribution in [2.75, 3.05) is 12.2 Å². The third-order valence-corrected chi connectivity index (χ3v) is 2.95. The lowest BCUT2D eigenvalue weighted by Crippen LogP contribution is -1.89. The van der Waals surface area contributed by atoms with E-state index in [1.807, 2.05) is 23.5 Å². The second-order valence-corrected chi connectivity index (χ2v) is 4.00. The molecule has 4 nitrogen and oxygen atoms in total. The number of methoxy groups -OCH3 is 1. The minimum absolute atomic E-state index is 0.347. The molecule has 0 unspecified atom stereocenters. The molecule has 6 heteroatoms. The van der Waals surface area contributed by atoms with Crippen LogP contribution in [0.5, 0.6) is 6.01 Å². The molecule has 0 radical (unpaired) electrons. The van der Waals surface area contributed by atoms with Crippen molar-refractivity contribution < 1.29 is 4.74 Å². The summed E-state index contributed by atoms with van der Waals surface area (Å²) in [6.45, 7) is 0. The molecular formula is C7H9N3OS2. The molecule has 0 atom stereocenters. The van der Waals surface area contributed by atoms with Gasteiger partial charge in [0.2, 0.25) is 0 Å². The Hall–Kier alpha value is -0.750. The highest BCUT2D eigenvalue weighted by Gasteiger charge is 1.85. The number of thioether (sulfide) groups is 2. The van der Waals surface area contributed by atoms with Crippen molar-refractivity contribution in [3.05, 3.63) is 23.5 Å². The summed E-state index contributed by atoms with van der Waals surface area (Å²) in [5, 5.41) is 5.45. The third kappa shape index (κ3) is 4.74. The number of rotatable bonds is 1. The Morgan fingerprint density at radius 2 is 1.85 bits per heavy atom. The highest BCUT2D eigenvalue weighted by molar-refractivity contribution is 8.21. The SMILES string of the molecule is C1=CSCS1.COc1ncncn1. The molecule has 2 rings (SSSR count). The van der Waals surface area contributed by atoms with E-state index in [1.165, 1.54) is 24.8 Å². The van der Waals surface area contributed by atoms with Crippen LogP contribution in [0.15, 0.2) is 23.5 Å². The molecule has 0 amide bonds. The highest BCUT2D eigenvalue weighted by atomic mass is 32.2. The quantitative estimate of drug-likeness (QED) is 0.711. The molecule has 1 aliphatic heterocycles. The van der Waals surface area contributed by atoms with Crippen molar-refractivity contribution in [2.45, 2.75) is 0 Å². The third-order valence-electron chi connectivity index (χ3n) is 1.04. The normalized spacial score (nSPS) is 13.3. The van der Waals surface area contributed by atoms with Crippen molar-refractivity contribution in [3.63, 3.8) is 0 Å². The van der Waals surface area contributed by atoms with Gasteiger partial charge in [-0.05, 0) is 10.8 Å². The van der Waals surface area contributed by atoms with E-state index in [2.05, 4.69) is 30.5 Å². The lowest BCUT2D eigenvalue weighted by molar-refractivity contribution is 0.378. The predicted octanol–water partition coefficient (Wildman–Crippen LogP) is 1.78. The van der Waals surface area contributed by atoms with Crippen LogP contribution in [0, 0.1) is 0 Å². The van der Waals surface area contributed by atoms with Crippen LogP contribution < -0.4 is 4.74 Å². The van der Waals surface area contributed by atoms with E-state index >= 15 is 0 Å². The lowest BCUT2D eigenvalue weighted by Gasteiger charge is -1.90. The maximum Gasteiger partial charge on any atom is 0.319 e. The van der Waals surface area contributed by atoms with Crippen molar-refractivity contribution in [1.29, 1.82) is 0 Å². The summed E-state index contributed by atoms with van der Waals surface area (Å²) in [7, 11) is 1.51. The first-order chi connectivity index (χ1) is 6.43. The second kappa shape index (κ2) is 6.73. The second-order valence-electron chi connectivity index (χ2n) is 1.85. The van der Waals surface area contributed by atoms with Crippen molar-refractivity contribution in [2.24, 2.45) is 0 Å². The summed E-state index contributed by atoms with van der Waals surface area (Å²) in [4.78, 5) is 10.9. The smallest absolute Gasteiger partial charge is 0.319 e. The first kappa shape index (κ1) is 10.3. The first-order valence-electron chi connectivity index (χ1n) is 3.47. The van der Waals surface area contributed by atoms with Gasteiger partial charge in [0.05, 0.1) is 7.11 Å². The van der Waals surface area contributed by atoms with E-state index in [9.17, 15) is 0 Å². The van der Waals surface area contributed by atoms with E-state index < -0.39 is 0 Å². The summed E-state index contributed by atoms with van der Waals surface area (Å²) >= 11 is 3.71. The Morgan fingerprint density at radius 3 is 2.15 bits per heavy atom. The zero-order valence-corrected chi connectivity index (χ0v) is 8.72. The average molecular weight is 215 g/mol. The zero-order chi connectivity index (χ0) is 9.36. The fourth-order valence-corrected chi connectivity index (χ4v) is 2.10. The Balaban J connectivity index is 0.000000145. The van der Waals surface area contributed by atoms with Gasteiger partial charge in [0, 0.05) is 5.08 Å².